The van der Waals surface area contributed by atoms with Gasteiger partial charge in [0.1, 0.15) is 11.4 Å². The maximum atomic E-state index is 13.0. The lowest BCUT2D eigenvalue weighted by Gasteiger charge is -2.35. The number of nitrogens with zero attached hydrogens (tertiary/aromatic N) is 3. The minimum atomic E-state index is -0.394. The van der Waals surface area contributed by atoms with E-state index in [2.05, 4.69) is 26.3 Å². The highest BCUT2D eigenvalue weighted by atomic mass is 16.3. The van der Waals surface area contributed by atoms with Crippen molar-refractivity contribution in [2.45, 2.75) is 19.4 Å². The number of aryl methyl sites for hydroxylation is 1. The summed E-state index contributed by atoms with van der Waals surface area (Å²) in [5.74, 6) is 0.453. The second-order valence-electron chi connectivity index (χ2n) is 9.37. The lowest BCUT2D eigenvalue weighted by atomic mass is 10.1. The van der Waals surface area contributed by atoms with Crippen molar-refractivity contribution in [3.8, 4) is 11.4 Å². The average Bonchev–Trinajstić information content (AvgIpc) is 3.33. The molecule has 5 rings (SSSR count). The number of carbonyl (C=O) groups is 1. The molecule has 192 valence electrons. The van der Waals surface area contributed by atoms with E-state index in [1.165, 1.54) is 0 Å². The highest BCUT2D eigenvalue weighted by molar-refractivity contribution is 5.87. The molecule has 2 aromatic carbocycles. The number of nitrogens with one attached hydrogen (secondary N) is 3. The number of piperazine rings is 1. The molecule has 0 spiro atoms. The molecule has 2 amide bonds. The summed E-state index contributed by atoms with van der Waals surface area (Å²) in [6.07, 6.45) is 2.19. The molecule has 6 N–H and O–H groups in total. The van der Waals surface area contributed by atoms with Crippen molar-refractivity contribution in [2.24, 2.45) is 5.73 Å². The molecule has 37 heavy (non-hydrogen) atoms. The minimum absolute atomic E-state index is 0.0905. The van der Waals surface area contributed by atoms with Crippen molar-refractivity contribution in [1.29, 1.82) is 0 Å². The number of carbonyl (C=O) groups excluding carboxylic acids is 1. The summed E-state index contributed by atoms with van der Waals surface area (Å²) in [4.78, 5) is 39.1. The first-order chi connectivity index (χ1) is 17.9. The maximum Gasteiger partial charge on any atom is 0.314 e. The molecule has 1 aliphatic rings. The number of amides is 2. The van der Waals surface area contributed by atoms with Gasteiger partial charge in [-0.25, -0.2) is 9.78 Å². The third-order valence-electron chi connectivity index (χ3n) is 6.82. The van der Waals surface area contributed by atoms with Gasteiger partial charge < -0.3 is 35.9 Å². The Morgan fingerprint density at radius 2 is 1.92 bits per heavy atom. The quantitative estimate of drug-likeness (QED) is 0.263. The lowest BCUT2D eigenvalue weighted by Crippen LogP contribution is -2.50. The Hall–Kier alpha value is -4.31. The lowest BCUT2D eigenvalue weighted by molar-refractivity contribution is 0.204. The van der Waals surface area contributed by atoms with Gasteiger partial charge in [0, 0.05) is 38.1 Å². The Balaban J connectivity index is 1.44. The van der Waals surface area contributed by atoms with Crippen LogP contribution in [0.25, 0.3) is 22.4 Å². The Labute approximate surface area is 214 Å². The molecule has 0 saturated carbocycles. The third-order valence-corrected chi connectivity index (χ3v) is 6.82. The molecule has 3 heterocycles. The smallest absolute Gasteiger partial charge is 0.314 e. The van der Waals surface area contributed by atoms with Gasteiger partial charge >= 0.3 is 6.03 Å². The number of hydrogen-bond donors (Lipinski definition) is 5. The summed E-state index contributed by atoms with van der Waals surface area (Å²) in [5, 5.41) is 13.4. The number of H-pyrrole nitrogens is 2. The number of benzene rings is 2. The number of pyridine rings is 1. The van der Waals surface area contributed by atoms with E-state index in [0.717, 1.165) is 27.8 Å². The number of aromatic nitrogens is 3. The Bertz CT molecular complexity index is 1460. The van der Waals surface area contributed by atoms with E-state index in [4.69, 9.17) is 10.7 Å². The van der Waals surface area contributed by atoms with Gasteiger partial charge in [-0.1, -0.05) is 30.3 Å². The number of primary amides is 1. The average molecular weight is 502 g/mol. The van der Waals surface area contributed by atoms with Crippen molar-refractivity contribution < 1.29 is 9.90 Å². The molecule has 10 heteroatoms. The predicted molar refractivity (Wildman–Crippen MR) is 145 cm³/mol. The first-order valence-electron chi connectivity index (χ1n) is 12.4. The van der Waals surface area contributed by atoms with Crippen LogP contribution < -0.4 is 21.5 Å². The SMILES string of the molecule is Cc1cc(N2CCN(C(N)=O)CC2)cc2[nH]c(-c3c(N[C@H](CO)Cc4ccccc4)cc[nH]c3=O)nc12. The van der Waals surface area contributed by atoms with Crippen molar-refractivity contribution >= 4 is 28.4 Å². The zero-order chi connectivity index (χ0) is 25.9. The van der Waals surface area contributed by atoms with Gasteiger partial charge in [-0.15, -0.1) is 0 Å². The van der Waals surface area contributed by atoms with E-state index in [1.807, 2.05) is 43.3 Å². The van der Waals surface area contributed by atoms with E-state index in [-0.39, 0.29) is 18.2 Å². The molecule has 0 radical (unpaired) electrons. The van der Waals surface area contributed by atoms with Crippen molar-refractivity contribution in [3.63, 3.8) is 0 Å². The van der Waals surface area contributed by atoms with Crippen LogP contribution in [0.2, 0.25) is 0 Å². The summed E-state index contributed by atoms with van der Waals surface area (Å²) in [7, 11) is 0. The van der Waals surface area contributed by atoms with Gasteiger partial charge in [-0.2, -0.15) is 0 Å². The topological polar surface area (TPSA) is 143 Å². The Morgan fingerprint density at radius 1 is 1.16 bits per heavy atom. The summed E-state index contributed by atoms with van der Waals surface area (Å²) >= 11 is 0. The van der Waals surface area contributed by atoms with Crippen LogP contribution in [-0.4, -0.2) is 69.8 Å². The molecule has 0 bridgehead atoms. The standard InChI is InChI=1S/C27H31N7O3/c1-17-13-20(33-9-11-34(12-10-33)27(28)37)15-22-24(17)32-25(31-22)23-21(7-8-29-26(23)36)30-19(16-35)14-18-5-3-2-4-6-18/h2-8,13,15,19,35H,9-12,14,16H2,1H3,(H2,28,37)(H,31,32)(H2,29,30,36)/t19-/m0/s1. The number of fused-ring (bicyclic) bond motifs is 1. The minimum Gasteiger partial charge on any atom is -0.394 e. The number of aliphatic hydroxyl groups excluding tert-OH is 1. The van der Waals surface area contributed by atoms with Crippen LogP contribution in [0.4, 0.5) is 16.2 Å². The summed E-state index contributed by atoms with van der Waals surface area (Å²) in [6.45, 7) is 4.42. The normalized spacial score (nSPS) is 14.6. The molecule has 0 aliphatic carbocycles. The molecule has 10 nitrogen and oxygen atoms in total. The molecule has 1 atom stereocenters. The fourth-order valence-electron chi connectivity index (χ4n) is 4.87. The highest BCUT2D eigenvalue weighted by Crippen LogP contribution is 2.30. The Morgan fingerprint density at radius 3 is 2.62 bits per heavy atom. The van der Waals surface area contributed by atoms with Crippen molar-refractivity contribution in [3.05, 3.63) is 76.2 Å². The van der Waals surface area contributed by atoms with E-state index in [1.54, 1.807) is 17.2 Å². The molecule has 1 saturated heterocycles. The molecular formula is C27H31N7O3. The molecule has 2 aromatic heterocycles. The predicted octanol–water partition coefficient (Wildman–Crippen LogP) is 2.44. The number of anilines is 2. The number of hydrogen-bond acceptors (Lipinski definition) is 6. The number of nitrogens with two attached hydrogens (primary N) is 1. The van der Waals surface area contributed by atoms with Crippen LogP contribution >= 0.6 is 0 Å². The molecule has 1 aliphatic heterocycles. The third kappa shape index (κ3) is 5.14. The summed E-state index contributed by atoms with van der Waals surface area (Å²) in [6, 6.07) is 15.1. The van der Waals surface area contributed by atoms with Crippen LogP contribution in [0.3, 0.4) is 0 Å². The molecule has 0 unspecified atom stereocenters. The van der Waals surface area contributed by atoms with Gasteiger partial charge in [0.25, 0.3) is 5.56 Å². The van der Waals surface area contributed by atoms with E-state index in [0.29, 0.717) is 49.7 Å². The second-order valence-corrected chi connectivity index (χ2v) is 9.37. The summed E-state index contributed by atoms with van der Waals surface area (Å²) < 4.78 is 0. The van der Waals surface area contributed by atoms with Crippen LogP contribution in [-0.2, 0) is 6.42 Å². The fraction of sp³-hybridized carbons (Fsp3) is 0.296. The number of aliphatic hydroxyl groups is 1. The largest absolute Gasteiger partial charge is 0.394 e. The first kappa shape index (κ1) is 24.4. The molecular weight excluding hydrogens is 470 g/mol. The van der Waals surface area contributed by atoms with Crippen LogP contribution in [0.5, 0.6) is 0 Å². The number of rotatable bonds is 7. The molecule has 4 aromatic rings. The number of urea groups is 1. The first-order valence-corrected chi connectivity index (χ1v) is 12.4. The Kier molecular flexibility index (Phi) is 6.82. The number of aromatic amines is 2. The van der Waals surface area contributed by atoms with E-state index < -0.39 is 6.03 Å². The van der Waals surface area contributed by atoms with E-state index >= 15 is 0 Å². The van der Waals surface area contributed by atoms with Crippen molar-refractivity contribution in [2.75, 3.05) is 43.0 Å². The van der Waals surface area contributed by atoms with Gasteiger partial charge in [0.05, 0.1) is 29.4 Å². The van der Waals surface area contributed by atoms with Crippen LogP contribution in [0.15, 0.2) is 59.5 Å². The zero-order valence-corrected chi connectivity index (χ0v) is 20.7. The van der Waals surface area contributed by atoms with Gasteiger partial charge in [-0.3, -0.25) is 4.79 Å². The number of imidazole rings is 1. The van der Waals surface area contributed by atoms with E-state index in [9.17, 15) is 14.7 Å². The summed E-state index contributed by atoms with van der Waals surface area (Å²) in [5.41, 5.74) is 10.8. The van der Waals surface area contributed by atoms with Crippen LogP contribution in [0.1, 0.15) is 11.1 Å². The monoisotopic (exact) mass is 501 g/mol. The molecule has 1 fully saturated rings. The van der Waals surface area contributed by atoms with Crippen molar-refractivity contribution in [1.82, 2.24) is 19.9 Å². The van der Waals surface area contributed by atoms with Crippen LogP contribution in [0, 0.1) is 6.92 Å². The van der Waals surface area contributed by atoms with Gasteiger partial charge in [0.15, 0.2) is 0 Å². The van der Waals surface area contributed by atoms with Gasteiger partial charge in [0.2, 0.25) is 0 Å². The second kappa shape index (κ2) is 10.4. The van der Waals surface area contributed by atoms with Gasteiger partial charge in [-0.05, 0) is 42.7 Å². The maximum absolute atomic E-state index is 13.0. The highest BCUT2D eigenvalue weighted by Gasteiger charge is 2.22. The zero-order valence-electron chi connectivity index (χ0n) is 20.7. The fourth-order valence-corrected chi connectivity index (χ4v) is 4.87.